The zero-order valence-electron chi connectivity index (χ0n) is 13.1. The maximum Gasteiger partial charge on any atom is 0.0406 e. The first-order valence-electron chi connectivity index (χ1n) is 7.95. The molecule has 0 heterocycles. The summed E-state index contributed by atoms with van der Waals surface area (Å²) in [6.07, 6.45) is 5.25. The monoisotopic (exact) mass is 293 g/mol. The normalized spacial score (nSPS) is 25.6. The van der Waals surface area contributed by atoms with Gasteiger partial charge in [-0.25, -0.2) is 0 Å². The molecule has 2 heteroatoms. The minimum Gasteiger partial charge on any atom is -0.317 e. The fourth-order valence-corrected chi connectivity index (χ4v) is 3.68. The number of rotatable bonds is 5. The van der Waals surface area contributed by atoms with E-state index in [1.807, 2.05) is 12.1 Å². The van der Waals surface area contributed by atoms with Crippen LogP contribution in [0.25, 0.3) is 0 Å². The molecule has 0 amide bonds. The lowest BCUT2D eigenvalue weighted by Crippen LogP contribution is -2.36. The lowest BCUT2D eigenvalue weighted by Gasteiger charge is -2.41. The van der Waals surface area contributed by atoms with Crippen LogP contribution in [-0.4, -0.2) is 13.1 Å². The van der Waals surface area contributed by atoms with E-state index in [0.29, 0.717) is 5.41 Å². The van der Waals surface area contributed by atoms with Crippen LogP contribution >= 0.6 is 11.6 Å². The Morgan fingerprint density at radius 3 is 2.55 bits per heavy atom. The summed E-state index contributed by atoms with van der Waals surface area (Å²) in [5.74, 6) is 1.61. The van der Waals surface area contributed by atoms with Crippen molar-refractivity contribution in [2.24, 2.45) is 17.3 Å². The molecule has 2 atom stereocenters. The SMILES string of the molecule is CCNCC1CCC(C)(C)CC1Cc1ccc(Cl)cc1. The molecule has 2 rings (SSSR count). The molecule has 2 unspecified atom stereocenters. The molecule has 1 fully saturated rings. The smallest absolute Gasteiger partial charge is 0.0406 e. The van der Waals surface area contributed by atoms with Crippen LogP contribution in [0.1, 0.15) is 45.6 Å². The number of hydrogen-bond acceptors (Lipinski definition) is 1. The summed E-state index contributed by atoms with van der Waals surface area (Å²) in [4.78, 5) is 0. The zero-order valence-corrected chi connectivity index (χ0v) is 13.8. The van der Waals surface area contributed by atoms with E-state index in [2.05, 4.69) is 38.2 Å². The molecule has 0 radical (unpaired) electrons. The lowest BCUT2D eigenvalue weighted by molar-refractivity contribution is 0.116. The molecular formula is C18H28ClN. The van der Waals surface area contributed by atoms with Gasteiger partial charge in [0, 0.05) is 5.02 Å². The second-order valence-corrected chi connectivity index (χ2v) is 7.50. The van der Waals surface area contributed by atoms with Crippen LogP contribution < -0.4 is 5.32 Å². The Morgan fingerprint density at radius 2 is 1.90 bits per heavy atom. The van der Waals surface area contributed by atoms with Gasteiger partial charge in [-0.1, -0.05) is 44.5 Å². The third-order valence-corrected chi connectivity index (χ3v) is 4.99. The molecule has 0 saturated heterocycles. The maximum absolute atomic E-state index is 5.99. The highest BCUT2D eigenvalue weighted by Crippen LogP contribution is 2.43. The van der Waals surface area contributed by atoms with E-state index in [4.69, 9.17) is 11.6 Å². The highest BCUT2D eigenvalue weighted by atomic mass is 35.5. The van der Waals surface area contributed by atoms with Crippen molar-refractivity contribution in [2.75, 3.05) is 13.1 Å². The molecule has 0 bridgehead atoms. The Bertz CT molecular complexity index is 410. The van der Waals surface area contributed by atoms with Crippen molar-refractivity contribution in [2.45, 2.75) is 46.5 Å². The van der Waals surface area contributed by atoms with Crippen molar-refractivity contribution in [3.8, 4) is 0 Å². The highest BCUT2D eigenvalue weighted by Gasteiger charge is 2.34. The first kappa shape index (κ1) is 15.9. The Labute approximate surface area is 129 Å². The average molecular weight is 294 g/mol. The van der Waals surface area contributed by atoms with Crippen LogP contribution in [0.4, 0.5) is 0 Å². The minimum absolute atomic E-state index is 0.500. The van der Waals surface area contributed by atoms with Gasteiger partial charge < -0.3 is 5.32 Å². The van der Waals surface area contributed by atoms with Crippen LogP contribution in [0.15, 0.2) is 24.3 Å². The van der Waals surface area contributed by atoms with Crippen LogP contribution in [0.5, 0.6) is 0 Å². The van der Waals surface area contributed by atoms with E-state index in [1.54, 1.807) is 0 Å². The highest BCUT2D eigenvalue weighted by molar-refractivity contribution is 6.30. The summed E-state index contributed by atoms with van der Waals surface area (Å²) in [6, 6.07) is 8.41. The first-order chi connectivity index (χ1) is 9.50. The molecule has 1 aromatic rings. The van der Waals surface area contributed by atoms with Gasteiger partial charge >= 0.3 is 0 Å². The van der Waals surface area contributed by atoms with Crippen molar-refractivity contribution in [3.63, 3.8) is 0 Å². The summed E-state index contributed by atoms with van der Waals surface area (Å²) in [5, 5.41) is 4.38. The third kappa shape index (κ3) is 4.49. The molecule has 20 heavy (non-hydrogen) atoms. The van der Waals surface area contributed by atoms with Crippen LogP contribution in [0.2, 0.25) is 5.02 Å². The summed E-state index contributed by atoms with van der Waals surface area (Å²) in [6.45, 7) is 9.29. The topological polar surface area (TPSA) is 12.0 Å². The van der Waals surface area contributed by atoms with Crippen molar-refractivity contribution in [3.05, 3.63) is 34.9 Å². The molecule has 0 aliphatic heterocycles. The van der Waals surface area contributed by atoms with Gasteiger partial charge in [-0.05, 0) is 73.7 Å². The van der Waals surface area contributed by atoms with E-state index in [-0.39, 0.29) is 0 Å². The molecule has 112 valence electrons. The summed E-state index contributed by atoms with van der Waals surface area (Å²) in [5.41, 5.74) is 1.93. The van der Waals surface area contributed by atoms with E-state index in [0.717, 1.165) is 23.4 Å². The maximum atomic E-state index is 5.99. The summed E-state index contributed by atoms with van der Waals surface area (Å²) >= 11 is 5.99. The van der Waals surface area contributed by atoms with E-state index >= 15 is 0 Å². The predicted octanol–water partition coefficient (Wildman–Crippen LogP) is 4.93. The zero-order chi connectivity index (χ0) is 14.6. The largest absolute Gasteiger partial charge is 0.317 e. The third-order valence-electron chi connectivity index (χ3n) is 4.74. The lowest BCUT2D eigenvalue weighted by atomic mass is 9.65. The van der Waals surface area contributed by atoms with E-state index < -0.39 is 0 Å². The van der Waals surface area contributed by atoms with E-state index in [1.165, 1.54) is 37.8 Å². The van der Waals surface area contributed by atoms with Crippen LogP contribution in [0, 0.1) is 17.3 Å². The molecule has 1 aliphatic rings. The molecule has 1 saturated carbocycles. The molecule has 1 aliphatic carbocycles. The summed E-state index contributed by atoms with van der Waals surface area (Å²) in [7, 11) is 0. The number of nitrogens with one attached hydrogen (secondary N) is 1. The van der Waals surface area contributed by atoms with Crippen molar-refractivity contribution in [1.29, 1.82) is 0 Å². The Hall–Kier alpha value is -0.530. The number of halogens is 1. The molecule has 1 nitrogen and oxygen atoms in total. The first-order valence-corrected chi connectivity index (χ1v) is 8.33. The average Bonchev–Trinajstić information content (AvgIpc) is 2.40. The van der Waals surface area contributed by atoms with Gasteiger partial charge in [0.05, 0.1) is 0 Å². The van der Waals surface area contributed by atoms with Gasteiger partial charge in [-0.15, -0.1) is 0 Å². The molecule has 0 aromatic heterocycles. The van der Waals surface area contributed by atoms with Gasteiger partial charge in [0.1, 0.15) is 0 Å². The standard InChI is InChI=1S/C18H28ClN/c1-4-20-13-15-9-10-18(2,3)12-16(15)11-14-5-7-17(19)8-6-14/h5-8,15-16,20H,4,9-13H2,1-3H3. The molecule has 1 N–H and O–H groups in total. The van der Waals surface area contributed by atoms with Gasteiger partial charge in [0.25, 0.3) is 0 Å². The second kappa shape index (κ2) is 6.95. The van der Waals surface area contributed by atoms with Crippen molar-refractivity contribution < 1.29 is 0 Å². The number of hydrogen-bond donors (Lipinski definition) is 1. The fraction of sp³-hybridized carbons (Fsp3) is 0.667. The van der Waals surface area contributed by atoms with E-state index in [9.17, 15) is 0 Å². The van der Waals surface area contributed by atoms with Crippen LogP contribution in [0.3, 0.4) is 0 Å². The van der Waals surface area contributed by atoms with Crippen LogP contribution in [-0.2, 0) is 6.42 Å². The predicted molar refractivity (Wildman–Crippen MR) is 88.3 cm³/mol. The molecular weight excluding hydrogens is 266 g/mol. The van der Waals surface area contributed by atoms with Gasteiger partial charge in [0.2, 0.25) is 0 Å². The Balaban J connectivity index is 2.04. The minimum atomic E-state index is 0.500. The molecule has 0 spiro atoms. The Kier molecular flexibility index (Phi) is 5.51. The van der Waals surface area contributed by atoms with Crippen molar-refractivity contribution in [1.82, 2.24) is 5.32 Å². The molecule has 1 aromatic carbocycles. The van der Waals surface area contributed by atoms with Gasteiger partial charge in [0.15, 0.2) is 0 Å². The number of benzene rings is 1. The van der Waals surface area contributed by atoms with Gasteiger partial charge in [-0.2, -0.15) is 0 Å². The fourth-order valence-electron chi connectivity index (χ4n) is 3.55. The summed E-state index contributed by atoms with van der Waals surface area (Å²) < 4.78 is 0. The second-order valence-electron chi connectivity index (χ2n) is 7.07. The Morgan fingerprint density at radius 1 is 1.20 bits per heavy atom. The van der Waals surface area contributed by atoms with Crippen molar-refractivity contribution >= 4 is 11.6 Å². The van der Waals surface area contributed by atoms with Gasteiger partial charge in [-0.3, -0.25) is 0 Å². The quantitative estimate of drug-likeness (QED) is 0.811.